The molecule has 3 atom stereocenters. The third kappa shape index (κ3) is 65.0. The summed E-state index contributed by atoms with van der Waals surface area (Å²) in [5, 5.41) is 14.1. The molecule has 1 amide bonds. The van der Waals surface area contributed by atoms with E-state index in [1.54, 1.807) is 0 Å². The molecule has 0 radical (unpaired) electrons. The number of phosphoric acid groups is 1. The summed E-state index contributed by atoms with van der Waals surface area (Å²) >= 11 is 0. The minimum Gasteiger partial charge on any atom is -0.756 e. The maximum Gasteiger partial charge on any atom is 0.268 e. The number of rotatable bonds is 63. The van der Waals surface area contributed by atoms with E-state index in [9.17, 15) is 19.4 Å². The first-order valence-electron chi connectivity index (χ1n) is 34.6. The molecule has 2 N–H and O–H groups in total. The van der Waals surface area contributed by atoms with Crippen molar-refractivity contribution in [1.29, 1.82) is 0 Å². The fraction of sp³-hybridized carbons (Fsp3) is 0.767. The molecule has 0 aliphatic heterocycles. The van der Waals surface area contributed by atoms with Gasteiger partial charge in [-0.05, 0) is 77.0 Å². The summed E-state index contributed by atoms with van der Waals surface area (Å²) in [5.74, 6) is -0.165. The zero-order valence-electron chi connectivity index (χ0n) is 54.4. The lowest BCUT2D eigenvalue weighted by molar-refractivity contribution is -0.870. The minimum absolute atomic E-state index is 0.0100. The van der Waals surface area contributed by atoms with Gasteiger partial charge in [-0.25, -0.2) is 0 Å². The lowest BCUT2D eigenvalue weighted by atomic mass is 10.0. The zero-order valence-corrected chi connectivity index (χ0v) is 55.3. The van der Waals surface area contributed by atoms with E-state index in [1.165, 1.54) is 193 Å². The van der Waals surface area contributed by atoms with Gasteiger partial charge in [0.15, 0.2) is 0 Å². The molecule has 8 nitrogen and oxygen atoms in total. The number of hydrogen-bond donors (Lipinski definition) is 2. The molecular weight excluding hydrogens is 1030 g/mol. The van der Waals surface area contributed by atoms with Gasteiger partial charge in [0.25, 0.3) is 7.82 Å². The smallest absolute Gasteiger partial charge is 0.268 e. The van der Waals surface area contributed by atoms with Gasteiger partial charge < -0.3 is 28.8 Å². The number of likely N-dealkylation sites (N-methyl/N-ethyl adjacent to an activating group) is 1. The molecule has 0 aliphatic carbocycles. The van der Waals surface area contributed by atoms with Crippen molar-refractivity contribution in [2.24, 2.45) is 0 Å². The maximum absolute atomic E-state index is 13.1. The van der Waals surface area contributed by atoms with E-state index < -0.39 is 20.0 Å². The minimum atomic E-state index is -4.58. The second-order valence-electron chi connectivity index (χ2n) is 24.5. The van der Waals surface area contributed by atoms with E-state index in [1.807, 2.05) is 21.1 Å². The highest BCUT2D eigenvalue weighted by atomic mass is 31.2. The average molecular weight is 1170 g/mol. The van der Waals surface area contributed by atoms with Gasteiger partial charge in [-0.15, -0.1) is 0 Å². The summed E-state index contributed by atoms with van der Waals surface area (Å²) < 4.78 is 23.5. The molecule has 0 aromatic carbocycles. The molecule has 0 saturated heterocycles. The van der Waals surface area contributed by atoms with Crippen LogP contribution in [0.4, 0.5) is 0 Å². The molecule has 0 saturated carbocycles. The molecule has 9 heteroatoms. The standard InChI is InChI=1S/C73H133N2O6P/c1-6-8-10-12-14-16-18-20-22-24-26-28-29-30-31-32-33-34-35-36-37-38-39-40-41-42-43-44-45-47-49-51-53-55-57-59-61-63-65-67-73(77)74-71(70-81-82(78,79)80-69-68-75(3,4)5)72(76)66-64-62-60-58-56-54-52-50-48-46-27-25-23-21-19-17-15-13-11-9-7-2/h8,10,14,16,20,22,26,28,30-31,33-34,36-37,39-40,71-72,76H,6-7,9,11-13,15,17-19,21,23-25,27,29,32,35,38,41-70H2,1-5H3,(H-,74,77,78,79)/b10-8-,16-14-,22-20-,28-26-,31-30-,34-33-,37-36-,40-39-. The predicted octanol–water partition coefficient (Wildman–Crippen LogP) is 21.5. The van der Waals surface area contributed by atoms with Crippen LogP contribution in [-0.4, -0.2) is 68.5 Å². The highest BCUT2D eigenvalue weighted by Crippen LogP contribution is 2.38. The first-order valence-corrected chi connectivity index (χ1v) is 36.0. The van der Waals surface area contributed by atoms with E-state index in [2.05, 4.69) is 116 Å². The van der Waals surface area contributed by atoms with Crippen LogP contribution >= 0.6 is 7.82 Å². The van der Waals surface area contributed by atoms with E-state index in [0.717, 1.165) is 89.9 Å². The van der Waals surface area contributed by atoms with Crippen LogP contribution in [0.2, 0.25) is 0 Å². The molecule has 3 unspecified atom stereocenters. The number of aliphatic hydroxyl groups is 1. The second kappa shape index (κ2) is 62.9. The Morgan fingerprint density at radius 3 is 1.09 bits per heavy atom. The fourth-order valence-electron chi connectivity index (χ4n) is 10.0. The molecule has 0 fully saturated rings. The molecule has 0 rings (SSSR count). The number of hydrogen-bond acceptors (Lipinski definition) is 6. The monoisotopic (exact) mass is 1160 g/mol. The highest BCUT2D eigenvalue weighted by molar-refractivity contribution is 7.45. The van der Waals surface area contributed by atoms with Gasteiger partial charge >= 0.3 is 0 Å². The lowest BCUT2D eigenvalue weighted by Gasteiger charge is -2.30. The van der Waals surface area contributed by atoms with Crippen LogP contribution in [0.25, 0.3) is 0 Å². The van der Waals surface area contributed by atoms with E-state index in [4.69, 9.17) is 9.05 Å². The largest absolute Gasteiger partial charge is 0.756 e. The van der Waals surface area contributed by atoms with Crippen molar-refractivity contribution in [2.75, 3.05) is 40.9 Å². The van der Waals surface area contributed by atoms with Crippen LogP contribution in [-0.2, 0) is 18.4 Å². The van der Waals surface area contributed by atoms with Crippen LogP contribution in [0.1, 0.15) is 309 Å². The first-order chi connectivity index (χ1) is 40.0. The summed E-state index contributed by atoms with van der Waals surface area (Å²) in [6, 6.07) is -0.806. The second-order valence-corrected chi connectivity index (χ2v) is 25.9. The van der Waals surface area contributed by atoms with Crippen LogP contribution in [0.5, 0.6) is 0 Å². The van der Waals surface area contributed by atoms with E-state index in [0.29, 0.717) is 23.9 Å². The predicted molar refractivity (Wildman–Crippen MR) is 357 cm³/mol. The van der Waals surface area contributed by atoms with Crippen molar-refractivity contribution < 1.29 is 32.9 Å². The Labute approximate surface area is 509 Å². The maximum atomic E-state index is 13.1. The number of phosphoric ester groups is 1. The van der Waals surface area contributed by atoms with Gasteiger partial charge in [-0.3, -0.25) is 9.36 Å². The number of amides is 1. The third-order valence-electron chi connectivity index (χ3n) is 15.3. The molecule has 476 valence electrons. The number of carbonyl (C=O) groups is 1. The van der Waals surface area contributed by atoms with Crippen molar-refractivity contribution >= 4 is 13.7 Å². The first kappa shape index (κ1) is 79.4. The Balaban J connectivity index is 4.03. The Morgan fingerprint density at radius 2 is 0.744 bits per heavy atom. The van der Waals surface area contributed by atoms with Crippen molar-refractivity contribution in [3.05, 3.63) is 97.2 Å². The topological polar surface area (TPSA) is 108 Å². The summed E-state index contributed by atoms with van der Waals surface area (Å²) in [4.78, 5) is 25.7. The van der Waals surface area contributed by atoms with Crippen LogP contribution in [0.3, 0.4) is 0 Å². The van der Waals surface area contributed by atoms with Gasteiger partial charge in [0.2, 0.25) is 5.91 Å². The molecule has 0 aromatic heterocycles. The van der Waals surface area contributed by atoms with E-state index >= 15 is 0 Å². The average Bonchev–Trinajstić information content (AvgIpc) is 3.46. The Hall–Kier alpha value is -2.58. The summed E-state index contributed by atoms with van der Waals surface area (Å²) in [6.45, 7) is 4.64. The molecule has 0 heterocycles. The number of nitrogens with zero attached hydrogens (tertiary/aromatic N) is 1. The van der Waals surface area contributed by atoms with Crippen molar-refractivity contribution in [3.8, 4) is 0 Å². The van der Waals surface area contributed by atoms with Crippen molar-refractivity contribution in [2.45, 2.75) is 321 Å². The number of carbonyl (C=O) groups excluding carboxylic acids is 1. The normalized spacial score (nSPS) is 14.3. The van der Waals surface area contributed by atoms with E-state index in [-0.39, 0.29) is 19.1 Å². The third-order valence-corrected chi connectivity index (χ3v) is 16.3. The molecule has 0 bridgehead atoms. The Morgan fingerprint density at radius 1 is 0.439 bits per heavy atom. The summed E-state index contributed by atoms with van der Waals surface area (Å²) in [5.41, 5.74) is 0. The van der Waals surface area contributed by atoms with Crippen LogP contribution < -0.4 is 10.2 Å². The fourth-order valence-corrected chi connectivity index (χ4v) is 10.7. The number of aliphatic hydroxyl groups excluding tert-OH is 1. The lowest BCUT2D eigenvalue weighted by Crippen LogP contribution is -2.46. The number of unbranched alkanes of at least 4 members (excludes halogenated alkanes) is 34. The SMILES string of the molecule is CC/C=C\C/C=C\C/C=C\C/C=C\C/C=C\C/C=C\C/C=C\C/C=C\CCCCCCCCCCCCCCCCC(=O)NC(COP(=O)([O-])OCC[N+](C)(C)C)C(O)CCCCCCCCCCCCCCCCCCCCCCC. The molecule has 0 spiro atoms. The summed E-state index contributed by atoms with van der Waals surface area (Å²) in [7, 11) is 1.31. The zero-order chi connectivity index (χ0) is 59.8. The van der Waals surface area contributed by atoms with Gasteiger partial charge in [0.1, 0.15) is 13.2 Å². The summed E-state index contributed by atoms with van der Waals surface area (Å²) in [6.07, 6.45) is 90.4. The van der Waals surface area contributed by atoms with Gasteiger partial charge in [-0.2, -0.15) is 0 Å². The highest BCUT2D eigenvalue weighted by Gasteiger charge is 2.24. The van der Waals surface area contributed by atoms with Crippen molar-refractivity contribution in [1.82, 2.24) is 5.32 Å². The van der Waals surface area contributed by atoms with Crippen LogP contribution in [0.15, 0.2) is 97.2 Å². The van der Waals surface area contributed by atoms with Gasteiger partial charge in [-0.1, -0.05) is 323 Å². The van der Waals surface area contributed by atoms with Crippen molar-refractivity contribution in [3.63, 3.8) is 0 Å². The number of nitrogens with one attached hydrogen (secondary N) is 1. The van der Waals surface area contributed by atoms with Gasteiger partial charge in [0, 0.05) is 6.42 Å². The van der Waals surface area contributed by atoms with Gasteiger partial charge in [0.05, 0.1) is 39.9 Å². The number of allylic oxidation sites excluding steroid dienone is 16. The molecule has 0 aromatic rings. The Bertz CT molecular complexity index is 1660. The quantitative estimate of drug-likeness (QED) is 0.0272. The van der Waals surface area contributed by atoms with Crippen LogP contribution in [0, 0.1) is 0 Å². The Kier molecular flexibility index (Phi) is 61.0. The molecule has 82 heavy (non-hydrogen) atoms. The molecule has 0 aliphatic rings. The molecular formula is C73H133N2O6P. The number of quaternary nitrogens is 1.